The molecule has 27 heavy (non-hydrogen) atoms. The number of nitriles is 1. The first kappa shape index (κ1) is 20.9. The molecular weight excluding hydrogens is 342 g/mol. The van der Waals surface area contributed by atoms with Crippen LogP contribution in [0.2, 0.25) is 0 Å². The summed E-state index contributed by atoms with van der Waals surface area (Å²) >= 11 is 0. The SMILES string of the molecule is CCCCC(CCCN1CCN(C(=O)c2ccc(C#N)cc2)CC1)C(=O)O. The molecule has 1 aliphatic rings. The fourth-order valence-electron chi connectivity index (χ4n) is 3.45. The molecule has 0 saturated carbocycles. The number of hydrogen-bond acceptors (Lipinski definition) is 4. The number of aliphatic carboxylic acids is 1. The van der Waals surface area contributed by atoms with Gasteiger partial charge in [-0.3, -0.25) is 14.5 Å². The number of carboxylic acid groups (broad SMARTS) is 1. The molecule has 0 bridgehead atoms. The molecule has 1 N–H and O–H groups in total. The van der Waals surface area contributed by atoms with Gasteiger partial charge in [0.15, 0.2) is 0 Å². The molecule has 1 fully saturated rings. The number of nitrogens with zero attached hydrogens (tertiary/aromatic N) is 3. The number of carbonyl (C=O) groups is 2. The van der Waals surface area contributed by atoms with Crippen LogP contribution in [0.1, 0.15) is 54.9 Å². The van der Waals surface area contributed by atoms with Gasteiger partial charge in [0.05, 0.1) is 17.6 Å². The van der Waals surface area contributed by atoms with E-state index in [1.54, 1.807) is 24.3 Å². The van der Waals surface area contributed by atoms with Gasteiger partial charge in [0, 0.05) is 31.7 Å². The van der Waals surface area contributed by atoms with Crippen LogP contribution in [0.4, 0.5) is 0 Å². The molecule has 146 valence electrons. The summed E-state index contributed by atoms with van der Waals surface area (Å²) in [5.41, 5.74) is 1.16. The van der Waals surface area contributed by atoms with Crippen molar-refractivity contribution in [3.8, 4) is 6.07 Å². The molecule has 0 aromatic heterocycles. The summed E-state index contributed by atoms with van der Waals surface area (Å²) in [4.78, 5) is 28.0. The van der Waals surface area contributed by atoms with Gasteiger partial charge >= 0.3 is 5.97 Å². The highest BCUT2D eigenvalue weighted by atomic mass is 16.4. The molecule has 1 atom stereocenters. The van der Waals surface area contributed by atoms with E-state index in [1.165, 1.54) is 0 Å². The van der Waals surface area contributed by atoms with E-state index in [2.05, 4.69) is 17.9 Å². The lowest BCUT2D eigenvalue weighted by Crippen LogP contribution is -2.48. The van der Waals surface area contributed by atoms with Crippen LogP contribution >= 0.6 is 0 Å². The number of piperazine rings is 1. The molecule has 1 amide bonds. The van der Waals surface area contributed by atoms with Crippen molar-refractivity contribution in [2.24, 2.45) is 5.92 Å². The Kier molecular flexibility index (Phi) is 8.28. The first-order chi connectivity index (χ1) is 13.0. The second kappa shape index (κ2) is 10.7. The van der Waals surface area contributed by atoms with E-state index in [0.29, 0.717) is 24.2 Å². The van der Waals surface area contributed by atoms with Crippen molar-refractivity contribution in [3.05, 3.63) is 35.4 Å². The van der Waals surface area contributed by atoms with Crippen molar-refractivity contribution in [2.75, 3.05) is 32.7 Å². The Morgan fingerprint density at radius 2 is 1.74 bits per heavy atom. The number of unbranched alkanes of at least 4 members (excludes halogenated alkanes) is 1. The molecule has 1 heterocycles. The quantitative estimate of drug-likeness (QED) is 0.721. The highest BCUT2D eigenvalue weighted by Crippen LogP contribution is 2.16. The third-order valence-corrected chi connectivity index (χ3v) is 5.20. The second-order valence-electron chi connectivity index (χ2n) is 7.14. The van der Waals surface area contributed by atoms with Crippen LogP contribution in [0.15, 0.2) is 24.3 Å². The van der Waals surface area contributed by atoms with Gasteiger partial charge in [0.2, 0.25) is 0 Å². The molecule has 1 aliphatic heterocycles. The first-order valence-electron chi connectivity index (χ1n) is 9.79. The van der Waals surface area contributed by atoms with Crippen molar-refractivity contribution in [1.29, 1.82) is 5.26 Å². The van der Waals surface area contributed by atoms with E-state index in [1.807, 2.05) is 4.90 Å². The number of benzene rings is 1. The Bertz CT molecular complexity index is 658. The predicted molar refractivity (Wildman–Crippen MR) is 103 cm³/mol. The topological polar surface area (TPSA) is 84.6 Å². The lowest BCUT2D eigenvalue weighted by Gasteiger charge is -2.35. The molecule has 2 rings (SSSR count). The van der Waals surface area contributed by atoms with Crippen molar-refractivity contribution in [2.45, 2.75) is 39.0 Å². The molecule has 0 aliphatic carbocycles. The molecule has 0 spiro atoms. The van der Waals surface area contributed by atoms with Crippen LogP contribution in [0.3, 0.4) is 0 Å². The van der Waals surface area contributed by atoms with Gasteiger partial charge in [0.25, 0.3) is 5.91 Å². The highest BCUT2D eigenvalue weighted by molar-refractivity contribution is 5.94. The van der Waals surface area contributed by atoms with E-state index in [9.17, 15) is 14.7 Å². The van der Waals surface area contributed by atoms with Crippen LogP contribution in [0, 0.1) is 17.2 Å². The summed E-state index contributed by atoms with van der Waals surface area (Å²) in [5.74, 6) is -0.907. The normalized spacial score (nSPS) is 15.9. The largest absolute Gasteiger partial charge is 0.481 e. The molecule has 0 radical (unpaired) electrons. The van der Waals surface area contributed by atoms with Gasteiger partial charge in [-0.1, -0.05) is 19.8 Å². The number of carboxylic acids is 1. The van der Waals surface area contributed by atoms with E-state index in [0.717, 1.165) is 51.7 Å². The third kappa shape index (κ3) is 6.37. The van der Waals surface area contributed by atoms with Gasteiger partial charge in [-0.15, -0.1) is 0 Å². The van der Waals surface area contributed by atoms with E-state index in [-0.39, 0.29) is 11.8 Å². The fourth-order valence-corrected chi connectivity index (χ4v) is 3.45. The Labute approximate surface area is 161 Å². The minimum absolute atomic E-state index is 0.00430. The molecule has 1 aromatic carbocycles. The van der Waals surface area contributed by atoms with Gasteiger partial charge < -0.3 is 10.0 Å². The maximum atomic E-state index is 12.5. The first-order valence-corrected chi connectivity index (χ1v) is 9.79. The van der Waals surface area contributed by atoms with Crippen LogP contribution < -0.4 is 0 Å². The summed E-state index contributed by atoms with van der Waals surface area (Å²) < 4.78 is 0. The van der Waals surface area contributed by atoms with Gasteiger partial charge in [-0.2, -0.15) is 5.26 Å². The smallest absolute Gasteiger partial charge is 0.306 e. The Morgan fingerprint density at radius 1 is 1.11 bits per heavy atom. The van der Waals surface area contributed by atoms with E-state index >= 15 is 0 Å². The van der Waals surface area contributed by atoms with Gasteiger partial charge in [-0.25, -0.2) is 0 Å². The minimum atomic E-state index is -0.679. The van der Waals surface area contributed by atoms with Crippen LogP contribution in [-0.2, 0) is 4.79 Å². The number of carbonyl (C=O) groups excluding carboxylic acids is 1. The van der Waals surface area contributed by atoms with Gasteiger partial charge in [0.1, 0.15) is 0 Å². The Morgan fingerprint density at radius 3 is 2.30 bits per heavy atom. The molecule has 1 unspecified atom stereocenters. The van der Waals surface area contributed by atoms with E-state index < -0.39 is 5.97 Å². The van der Waals surface area contributed by atoms with Crippen molar-refractivity contribution in [1.82, 2.24) is 9.80 Å². The standard InChI is InChI=1S/C21H29N3O3/c1-2-3-5-19(21(26)27)6-4-11-23-12-14-24(15-13-23)20(25)18-9-7-17(16-22)8-10-18/h7-10,19H,2-6,11-15H2,1H3,(H,26,27). The van der Waals surface area contributed by atoms with Crippen LogP contribution in [0.25, 0.3) is 0 Å². The highest BCUT2D eigenvalue weighted by Gasteiger charge is 2.23. The molecule has 6 nitrogen and oxygen atoms in total. The molecular formula is C21H29N3O3. The van der Waals surface area contributed by atoms with Crippen molar-refractivity contribution in [3.63, 3.8) is 0 Å². The Balaban J connectivity index is 1.73. The maximum absolute atomic E-state index is 12.5. The van der Waals surface area contributed by atoms with Crippen molar-refractivity contribution >= 4 is 11.9 Å². The van der Waals surface area contributed by atoms with E-state index in [4.69, 9.17) is 5.26 Å². The number of rotatable bonds is 9. The molecule has 1 aromatic rings. The second-order valence-corrected chi connectivity index (χ2v) is 7.14. The zero-order chi connectivity index (χ0) is 19.6. The lowest BCUT2D eigenvalue weighted by atomic mass is 9.97. The Hall–Kier alpha value is -2.39. The number of hydrogen-bond donors (Lipinski definition) is 1. The predicted octanol–water partition coefficient (Wildman–Crippen LogP) is 2.99. The zero-order valence-corrected chi connectivity index (χ0v) is 16.1. The summed E-state index contributed by atoms with van der Waals surface area (Å²) in [6.07, 6.45) is 4.36. The average molecular weight is 371 g/mol. The lowest BCUT2D eigenvalue weighted by molar-refractivity contribution is -0.142. The third-order valence-electron chi connectivity index (χ3n) is 5.20. The van der Waals surface area contributed by atoms with Crippen molar-refractivity contribution < 1.29 is 14.7 Å². The van der Waals surface area contributed by atoms with Crippen LogP contribution in [0.5, 0.6) is 0 Å². The fraction of sp³-hybridized carbons (Fsp3) is 0.571. The van der Waals surface area contributed by atoms with Gasteiger partial charge in [-0.05, 0) is 50.1 Å². The average Bonchev–Trinajstić information content (AvgIpc) is 2.70. The maximum Gasteiger partial charge on any atom is 0.306 e. The number of amides is 1. The summed E-state index contributed by atoms with van der Waals surface area (Å²) in [6.45, 7) is 5.95. The summed E-state index contributed by atoms with van der Waals surface area (Å²) in [6, 6.07) is 8.80. The van der Waals surface area contributed by atoms with Crippen LogP contribution in [-0.4, -0.2) is 59.5 Å². The summed E-state index contributed by atoms with van der Waals surface area (Å²) in [5, 5.41) is 18.1. The summed E-state index contributed by atoms with van der Waals surface area (Å²) in [7, 11) is 0. The monoisotopic (exact) mass is 371 g/mol. The molecule has 6 heteroatoms. The molecule has 1 saturated heterocycles. The minimum Gasteiger partial charge on any atom is -0.481 e. The zero-order valence-electron chi connectivity index (χ0n) is 16.1.